The lowest BCUT2D eigenvalue weighted by Gasteiger charge is -2.14. The largest absolute Gasteiger partial charge is 0.380 e. The number of pyridine rings is 2. The zero-order chi connectivity index (χ0) is 29.2. The van der Waals surface area contributed by atoms with Crippen molar-refractivity contribution in [3.63, 3.8) is 0 Å². The number of benzene rings is 3. The molecular weight excluding hydrogens is 563 g/mol. The van der Waals surface area contributed by atoms with E-state index in [0.717, 1.165) is 33.2 Å². The maximum absolute atomic E-state index is 13.2. The molecule has 0 amide bonds. The van der Waals surface area contributed by atoms with Crippen LogP contribution in [0.2, 0.25) is 0 Å². The molecule has 3 aromatic carbocycles. The minimum atomic E-state index is -4.01. The van der Waals surface area contributed by atoms with Gasteiger partial charge < -0.3 is 4.18 Å². The molecule has 0 fully saturated rings. The third-order valence-electron chi connectivity index (χ3n) is 6.72. The molecule has 10 heteroatoms. The molecule has 7 nitrogen and oxygen atoms in total. The van der Waals surface area contributed by atoms with Crippen molar-refractivity contribution >= 4 is 30.9 Å². The normalized spacial score (nSPS) is 12.8. The van der Waals surface area contributed by atoms with Gasteiger partial charge in [0.1, 0.15) is 21.4 Å². The number of hydrogen-bond acceptors (Lipinski definition) is 7. The lowest BCUT2D eigenvalue weighted by Crippen LogP contribution is -2.18. The van der Waals surface area contributed by atoms with Crippen LogP contribution < -0.4 is 4.18 Å². The summed E-state index contributed by atoms with van der Waals surface area (Å²) in [6, 6.07) is 22.1. The Morgan fingerprint density at radius 3 is 2.34 bits per heavy atom. The van der Waals surface area contributed by atoms with Gasteiger partial charge in [0.2, 0.25) is 0 Å². The lowest BCUT2D eigenvalue weighted by molar-refractivity contribution is 0.484. The topological polar surface area (TPSA) is 103 Å². The zero-order valence-electron chi connectivity index (χ0n) is 22.4. The molecule has 0 aliphatic rings. The van der Waals surface area contributed by atoms with Crippen molar-refractivity contribution in [1.29, 1.82) is 0 Å². The summed E-state index contributed by atoms with van der Waals surface area (Å²) in [5, 5.41) is 0.360. The van der Waals surface area contributed by atoms with Gasteiger partial charge in [-0.25, -0.2) is 12.8 Å². The molecule has 2 aromatic heterocycles. The molecule has 0 bridgehead atoms. The molecule has 0 N–H and O–H groups in total. The first kappa shape index (κ1) is 28.4. The van der Waals surface area contributed by atoms with E-state index in [0.29, 0.717) is 17.5 Å². The monoisotopic (exact) mass is 590 g/mol. The summed E-state index contributed by atoms with van der Waals surface area (Å²) in [6.45, 7) is 1.70. The van der Waals surface area contributed by atoms with Crippen LogP contribution in [0.3, 0.4) is 0 Å². The van der Waals surface area contributed by atoms with Crippen molar-refractivity contribution < 1.29 is 25.4 Å². The van der Waals surface area contributed by atoms with Gasteiger partial charge in [-0.3, -0.25) is 9.97 Å². The second-order valence-electron chi connectivity index (χ2n) is 9.96. The van der Waals surface area contributed by atoms with E-state index in [1.54, 1.807) is 25.4 Å². The van der Waals surface area contributed by atoms with Crippen LogP contribution in [0.1, 0.15) is 18.1 Å². The highest BCUT2D eigenvalue weighted by Crippen LogP contribution is 2.33. The third-order valence-corrected chi connectivity index (χ3v) is 9.48. The van der Waals surface area contributed by atoms with Crippen LogP contribution in [0.15, 0.2) is 97.5 Å². The van der Waals surface area contributed by atoms with E-state index in [-0.39, 0.29) is 5.75 Å². The molecule has 41 heavy (non-hydrogen) atoms. The molecule has 0 aliphatic heterocycles. The van der Waals surface area contributed by atoms with Gasteiger partial charge in [-0.2, -0.15) is 8.42 Å². The van der Waals surface area contributed by atoms with Crippen molar-refractivity contribution in [2.45, 2.75) is 24.3 Å². The molecule has 0 saturated carbocycles. The Morgan fingerprint density at radius 1 is 0.829 bits per heavy atom. The second-order valence-corrected chi connectivity index (χ2v) is 14.0. The van der Waals surface area contributed by atoms with E-state index in [1.807, 2.05) is 48.5 Å². The molecular formula is C31H27FN2O5S2. The van der Waals surface area contributed by atoms with Gasteiger partial charge in [0.25, 0.3) is 0 Å². The fourth-order valence-electron chi connectivity index (χ4n) is 4.53. The Kier molecular flexibility index (Phi) is 7.88. The van der Waals surface area contributed by atoms with Gasteiger partial charge in [-0.05, 0) is 78.1 Å². The minimum Gasteiger partial charge on any atom is -0.380 e. The Balaban J connectivity index is 1.46. The van der Waals surface area contributed by atoms with Gasteiger partial charge in [0.15, 0.2) is 5.75 Å². The first-order valence-corrected chi connectivity index (χ1v) is 16.3. The molecule has 0 spiro atoms. The molecule has 0 aliphatic carbocycles. The van der Waals surface area contributed by atoms with Crippen molar-refractivity contribution in [2.75, 3.05) is 6.26 Å². The number of halogens is 1. The molecule has 1 atom stereocenters. The van der Waals surface area contributed by atoms with Crippen molar-refractivity contribution in [3.8, 4) is 28.0 Å². The van der Waals surface area contributed by atoms with E-state index < -0.39 is 36.8 Å². The predicted octanol–water partition coefficient (Wildman–Crippen LogP) is 5.99. The average molecular weight is 591 g/mol. The summed E-state index contributed by atoms with van der Waals surface area (Å²) >= 11 is 0. The molecule has 5 aromatic rings. The summed E-state index contributed by atoms with van der Waals surface area (Å²) in [5.41, 5.74) is 5.18. The molecule has 0 radical (unpaired) electrons. The fraction of sp³-hybridized carbons (Fsp3) is 0.161. The van der Waals surface area contributed by atoms with Crippen molar-refractivity contribution in [2.24, 2.45) is 0 Å². The highest BCUT2D eigenvalue weighted by molar-refractivity contribution is 7.91. The Bertz CT molecular complexity index is 1940. The van der Waals surface area contributed by atoms with E-state index >= 15 is 0 Å². The maximum atomic E-state index is 13.2. The van der Waals surface area contributed by atoms with Crippen LogP contribution in [0, 0.1) is 5.82 Å². The number of hydrogen-bond donors (Lipinski definition) is 0. The number of rotatable bonds is 9. The molecule has 1 unspecified atom stereocenters. The molecule has 2 heterocycles. The van der Waals surface area contributed by atoms with E-state index in [4.69, 9.17) is 4.18 Å². The van der Waals surface area contributed by atoms with Crippen molar-refractivity contribution in [1.82, 2.24) is 9.97 Å². The van der Waals surface area contributed by atoms with Gasteiger partial charge in [0, 0.05) is 35.2 Å². The second kappa shape index (κ2) is 11.4. The number of fused-ring (bicyclic) bond motifs is 1. The quantitative estimate of drug-likeness (QED) is 0.194. The standard InChI is InChI=1S/C31H27FN2O5S2/c1-21(40(2,35)36)13-23-14-26-7-4-12-34-31(26)30(15-23)25-6-3-5-24(16-25)27-17-29(19-33-18-27)39-41(37,38)20-22-8-10-28(32)11-9-22/h3-12,14-19,21H,13,20H2,1-2H3. The lowest BCUT2D eigenvalue weighted by atomic mass is 9.95. The van der Waals surface area contributed by atoms with Crippen LogP contribution in [-0.2, 0) is 32.1 Å². The fourth-order valence-corrected chi connectivity index (χ4v) is 6.06. The van der Waals surface area contributed by atoms with Crippen LogP contribution in [-0.4, -0.2) is 38.3 Å². The van der Waals surface area contributed by atoms with Gasteiger partial charge in [-0.1, -0.05) is 36.4 Å². The highest BCUT2D eigenvalue weighted by atomic mass is 32.2. The van der Waals surface area contributed by atoms with Gasteiger partial charge in [0.05, 0.1) is 17.0 Å². The van der Waals surface area contributed by atoms with Crippen LogP contribution in [0.5, 0.6) is 5.75 Å². The van der Waals surface area contributed by atoms with Crippen LogP contribution in [0.25, 0.3) is 33.2 Å². The number of sulfone groups is 1. The first-order valence-electron chi connectivity index (χ1n) is 12.8. The summed E-state index contributed by atoms with van der Waals surface area (Å²) in [4.78, 5) is 8.76. The summed E-state index contributed by atoms with van der Waals surface area (Å²) in [6.07, 6.45) is 6.25. The van der Waals surface area contributed by atoms with Gasteiger partial charge in [-0.15, -0.1) is 0 Å². The van der Waals surface area contributed by atoms with Crippen LogP contribution in [0.4, 0.5) is 4.39 Å². The van der Waals surface area contributed by atoms with Gasteiger partial charge >= 0.3 is 10.1 Å². The maximum Gasteiger partial charge on any atom is 0.313 e. The third kappa shape index (κ3) is 6.96. The van der Waals surface area contributed by atoms with E-state index in [1.165, 1.54) is 36.7 Å². The predicted molar refractivity (Wildman–Crippen MR) is 158 cm³/mol. The SMILES string of the molecule is CC(Cc1cc(-c2cccc(-c3cncc(OS(=O)(=O)Cc4ccc(F)cc4)c3)c2)c2ncccc2c1)S(C)(=O)=O. The zero-order valence-corrected chi connectivity index (χ0v) is 24.0. The smallest absolute Gasteiger partial charge is 0.313 e. The summed E-state index contributed by atoms with van der Waals surface area (Å²) < 4.78 is 68.0. The average Bonchev–Trinajstić information content (AvgIpc) is 2.93. The summed E-state index contributed by atoms with van der Waals surface area (Å²) in [7, 11) is -7.22. The number of aromatic nitrogens is 2. The summed E-state index contributed by atoms with van der Waals surface area (Å²) in [5.74, 6) is -0.814. The van der Waals surface area contributed by atoms with E-state index in [2.05, 4.69) is 9.97 Å². The molecule has 5 rings (SSSR count). The van der Waals surface area contributed by atoms with Crippen LogP contribution >= 0.6 is 0 Å². The van der Waals surface area contributed by atoms with E-state index in [9.17, 15) is 21.2 Å². The molecule has 210 valence electrons. The van der Waals surface area contributed by atoms with Crippen molar-refractivity contribution in [3.05, 3.63) is 114 Å². The Hall–Kier alpha value is -4.15. The minimum absolute atomic E-state index is 0.0545. The molecule has 0 saturated heterocycles. The Morgan fingerprint density at radius 2 is 1.59 bits per heavy atom. The number of nitrogens with zero attached hydrogens (tertiary/aromatic N) is 2. The highest BCUT2D eigenvalue weighted by Gasteiger charge is 2.18. The Labute approximate surface area is 238 Å². The first-order chi connectivity index (χ1) is 19.5.